The monoisotopic (exact) mass is 518 g/mol. The average Bonchev–Trinajstić information content (AvgIpc) is 3.55. The predicted octanol–water partition coefficient (Wildman–Crippen LogP) is 7.71. The van der Waals surface area contributed by atoms with Crippen molar-refractivity contribution in [1.29, 1.82) is 0 Å². The number of amidine groups is 1. The topological polar surface area (TPSA) is 57.1 Å². The second-order valence-electron chi connectivity index (χ2n) is 8.94. The number of benzene rings is 4. The highest BCUT2D eigenvalue weighted by atomic mass is 32.2. The number of carbonyl (C=O) groups excluding carboxylic acids is 1. The van der Waals surface area contributed by atoms with Gasteiger partial charge in [0.2, 0.25) is 0 Å². The summed E-state index contributed by atoms with van der Waals surface area (Å²) in [4.78, 5) is 17.3. The highest BCUT2D eigenvalue weighted by Gasteiger charge is 2.30. The summed E-state index contributed by atoms with van der Waals surface area (Å²) in [7, 11) is 0. The molecule has 1 saturated heterocycles. The molecule has 0 spiro atoms. The van der Waals surface area contributed by atoms with Crippen LogP contribution in [0.4, 0.5) is 20.6 Å². The van der Waals surface area contributed by atoms with Crippen LogP contribution in [-0.4, -0.2) is 16.8 Å². The zero-order valence-corrected chi connectivity index (χ0v) is 21.1. The predicted molar refractivity (Wildman–Crippen MR) is 153 cm³/mol. The van der Waals surface area contributed by atoms with Gasteiger partial charge in [0.25, 0.3) is 5.24 Å². The maximum atomic E-state index is 13.3. The molecule has 5 nitrogen and oxygen atoms in total. The Morgan fingerprint density at radius 1 is 0.895 bits per heavy atom. The van der Waals surface area contributed by atoms with Crippen LogP contribution >= 0.6 is 11.8 Å². The van der Waals surface area contributed by atoms with E-state index in [-0.39, 0.29) is 17.1 Å². The van der Waals surface area contributed by atoms with Gasteiger partial charge in [-0.25, -0.2) is 9.38 Å². The van der Waals surface area contributed by atoms with Gasteiger partial charge in [0.05, 0.1) is 28.0 Å². The van der Waals surface area contributed by atoms with E-state index in [0.29, 0.717) is 16.4 Å². The van der Waals surface area contributed by atoms with Crippen molar-refractivity contribution in [3.05, 3.63) is 137 Å². The lowest BCUT2D eigenvalue weighted by molar-refractivity contribution is 0.265. The lowest BCUT2D eigenvalue weighted by Gasteiger charge is -2.24. The van der Waals surface area contributed by atoms with Gasteiger partial charge in [-0.3, -0.25) is 9.80 Å². The van der Waals surface area contributed by atoms with Crippen LogP contribution in [0.1, 0.15) is 29.2 Å². The highest BCUT2D eigenvalue weighted by Crippen LogP contribution is 2.37. The summed E-state index contributed by atoms with van der Waals surface area (Å²) >= 11 is 1.09. The number of halogens is 1. The van der Waals surface area contributed by atoms with Crippen LogP contribution in [0.5, 0.6) is 0 Å². The van der Waals surface area contributed by atoms with Crippen LogP contribution in [-0.2, 0) is 0 Å². The molecular formula is C31H23FN4OS. The highest BCUT2D eigenvalue weighted by molar-refractivity contribution is 8.18. The number of aliphatic imine (C=N–C) groups is 1. The first-order chi connectivity index (χ1) is 18.6. The molecule has 1 N–H and O–H groups in total. The van der Waals surface area contributed by atoms with Gasteiger partial charge >= 0.3 is 0 Å². The third-order valence-corrected chi connectivity index (χ3v) is 7.20. The third kappa shape index (κ3) is 5.14. The van der Waals surface area contributed by atoms with E-state index in [1.807, 2.05) is 54.6 Å². The number of hydrogen-bond acceptors (Lipinski definition) is 5. The van der Waals surface area contributed by atoms with Gasteiger partial charge in [0.1, 0.15) is 11.7 Å². The van der Waals surface area contributed by atoms with Gasteiger partial charge in [0.15, 0.2) is 0 Å². The quantitative estimate of drug-likeness (QED) is 0.294. The molecule has 4 aromatic carbocycles. The Bertz CT molecular complexity index is 1550. The molecular weight excluding hydrogens is 495 g/mol. The maximum absolute atomic E-state index is 13.3. The average molecular weight is 519 g/mol. The Balaban J connectivity index is 1.29. The zero-order valence-electron chi connectivity index (χ0n) is 20.3. The summed E-state index contributed by atoms with van der Waals surface area (Å²) < 4.78 is 13.3. The lowest BCUT2D eigenvalue weighted by atomic mass is 9.98. The minimum absolute atomic E-state index is 0.0947. The molecule has 1 amide bonds. The van der Waals surface area contributed by atoms with E-state index in [9.17, 15) is 9.18 Å². The Labute approximate surface area is 224 Å². The lowest BCUT2D eigenvalue weighted by Crippen LogP contribution is -2.18. The maximum Gasteiger partial charge on any atom is 0.289 e. The molecule has 0 saturated carbocycles. The van der Waals surface area contributed by atoms with Gasteiger partial charge in [-0.05, 0) is 70.9 Å². The van der Waals surface area contributed by atoms with Crippen molar-refractivity contribution < 1.29 is 9.18 Å². The summed E-state index contributed by atoms with van der Waals surface area (Å²) in [5.74, 6) is 0.124. The number of hydrazone groups is 1. The number of anilines is 1. The van der Waals surface area contributed by atoms with Crippen LogP contribution in [0.25, 0.3) is 6.08 Å². The van der Waals surface area contributed by atoms with E-state index >= 15 is 0 Å². The van der Waals surface area contributed by atoms with Crippen molar-refractivity contribution in [3.8, 4) is 0 Å². The Morgan fingerprint density at radius 2 is 1.58 bits per heavy atom. The van der Waals surface area contributed by atoms with Gasteiger partial charge in [-0.15, -0.1) is 0 Å². The van der Waals surface area contributed by atoms with Crippen molar-refractivity contribution in [3.63, 3.8) is 0 Å². The number of nitrogens with one attached hydrogen (secondary N) is 1. The smallest absolute Gasteiger partial charge is 0.289 e. The number of hydrogen-bond donors (Lipinski definition) is 1. The minimum Gasteiger partial charge on any atom is -0.300 e. The number of amides is 1. The van der Waals surface area contributed by atoms with E-state index in [0.717, 1.165) is 40.7 Å². The first kappa shape index (κ1) is 23.9. The molecule has 6 rings (SSSR count). The summed E-state index contributed by atoms with van der Waals surface area (Å²) in [6.07, 6.45) is 2.74. The molecule has 4 aromatic rings. The summed E-state index contributed by atoms with van der Waals surface area (Å²) in [5.41, 5.74) is 5.88. The molecule has 1 atom stereocenters. The Morgan fingerprint density at radius 3 is 2.29 bits per heavy atom. The normalized spacial score (nSPS) is 19.2. The fourth-order valence-corrected chi connectivity index (χ4v) is 5.26. The number of nitrogens with zero attached hydrogens (tertiary/aromatic N) is 3. The van der Waals surface area contributed by atoms with Gasteiger partial charge in [-0.2, -0.15) is 5.10 Å². The van der Waals surface area contributed by atoms with Crippen molar-refractivity contribution in [2.75, 3.05) is 5.01 Å². The number of carbonyl (C=O) groups is 1. The SMILES string of the molecule is O=C1NC(=Nc2ccc(F)cc2)/C(=C/c2ccc(N3N=C(c4ccccc4)CC3c3ccccc3)cc2)S1. The molecule has 2 aliphatic rings. The Kier molecular flexibility index (Phi) is 6.58. The fourth-order valence-electron chi connectivity index (χ4n) is 4.52. The van der Waals surface area contributed by atoms with Crippen molar-refractivity contribution in [2.45, 2.75) is 12.5 Å². The van der Waals surface area contributed by atoms with Crippen LogP contribution in [0.15, 0.2) is 124 Å². The van der Waals surface area contributed by atoms with Crippen LogP contribution < -0.4 is 10.3 Å². The molecule has 38 heavy (non-hydrogen) atoms. The van der Waals surface area contributed by atoms with Crippen molar-refractivity contribution >= 4 is 46.0 Å². The second-order valence-corrected chi connectivity index (χ2v) is 9.95. The standard InChI is InChI=1S/C31H23FN4OS/c32-24-13-15-25(16-14-24)33-30-29(38-31(37)34-30)19-21-11-17-26(18-12-21)36-28(23-9-5-2-6-10-23)20-27(35-36)22-7-3-1-4-8-22/h1-19,28H,20H2,(H,33,34,37)/b29-19-. The number of thioether (sulfide) groups is 1. The zero-order chi connectivity index (χ0) is 25.9. The fraction of sp³-hybridized carbons (Fsp3) is 0.0645. The largest absolute Gasteiger partial charge is 0.300 e. The first-order valence-corrected chi connectivity index (χ1v) is 13.1. The number of rotatable bonds is 5. The van der Waals surface area contributed by atoms with E-state index in [4.69, 9.17) is 5.10 Å². The first-order valence-electron chi connectivity index (χ1n) is 12.2. The molecule has 7 heteroatoms. The summed E-state index contributed by atoms with van der Waals surface area (Å²) in [6.45, 7) is 0. The summed E-state index contributed by atoms with van der Waals surface area (Å²) in [5, 5.41) is 9.69. The second kappa shape index (κ2) is 10.5. The van der Waals surface area contributed by atoms with E-state index < -0.39 is 0 Å². The Hall–Kier alpha value is -4.49. The van der Waals surface area contributed by atoms with Gasteiger partial charge in [0, 0.05) is 6.42 Å². The molecule has 2 heterocycles. The van der Waals surface area contributed by atoms with Crippen molar-refractivity contribution in [1.82, 2.24) is 5.32 Å². The van der Waals surface area contributed by atoms with Crippen LogP contribution in [0.2, 0.25) is 0 Å². The molecule has 186 valence electrons. The van der Waals surface area contributed by atoms with E-state index in [2.05, 4.69) is 51.7 Å². The van der Waals surface area contributed by atoms with Crippen molar-refractivity contribution in [2.24, 2.45) is 10.1 Å². The molecule has 1 unspecified atom stereocenters. The summed E-state index contributed by atoms with van der Waals surface area (Å²) in [6, 6.07) is 34.8. The molecule has 0 bridgehead atoms. The molecule has 0 radical (unpaired) electrons. The molecule has 0 aliphatic carbocycles. The van der Waals surface area contributed by atoms with E-state index in [1.54, 1.807) is 12.1 Å². The van der Waals surface area contributed by atoms with Crippen LogP contribution in [0, 0.1) is 5.82 Å². The molecule has 2 aliphatic heterocycles. The van der Waals surface area contributed by atoms with Crippen LogP contribution in [0.3, 0.4) is 0 Å². The van der Waals surface area contributed by atoms with Gasteiger partial charge < -0.3 is 5.32 Å². The molecule has 1 fully saturated rings. The van der Waals surface area contributed by atoms with Gasteiger partial charge in [-0.1, -0.05) is 72.8 Å². The third-order valence-electron chi connectivity index (χ3n) is 6.38. The molecule has 0 aromatic heterocycles. The minimum atomic E-state index is -0.331. The van der Waals surface area contributed by atoms with E-state index in [1.165, 1.54) is 17.7 Å².